The van der Waals surface area contributed by atoms with Gasteiger partial charge in [0.1, 0.15) is 0 Å². The second-order valence-electron chi connectivity index (χ2n) is 18.4. The van der Waals surface area contributed by atoms with E-state index in [0.717, 1.165) is 16.6 Å². The smallest absolute Gasteiger partial charge is 0.0708 e. The Balaban J connectivity index is 1.07. The van der Waals surface area contributed by atoms with Crippen LogP contribution in [0.1, 0.15) is 49.9 Å². The van der Waals surface area contributed by atoms with E-state index < -0.39 is 0 Å². The van der Waals surface area contributed by atoms with Gasteiger partial charge in [-0.25, -0.2) is 0 Å². The molecule has 0 aliphatic heterocycles. The third-order valence-corrected chi connectivity index (χ3v) is 14.4. The molecule has 2 aliphatic carbocycles. The van der Waals surface area contributed by atoms with E-state index in [1.54, 1.807) is 0 Å². The molecule has 0 unspecified atom stereocenters. The molecule has 292 valence electrons. The number of fused-ring (bicyclic) bond motifs is 14. The van der Waals surface area contributed by atoms with Gasteiger partial charge in [-0.3, -0.25) is 15.0 Å². The average molecular weight is 792 g/mol. The molecule has 2 aliphatic rings. The third kappa shape index (κ3) is 4.79. The van der Waals surface area contributed by atoms with E-state index in [1.807, 2.05) is 18.6 Å². The van der Waals surface area contributed by atoms with Crippen LogP contribution in [0.5, 0.6) is 0 Å². The van der Waals surface area contributed by atoms with Gasteiger partial charge < -0.3 is 0 Å². The minimum atomic E-state index is -0.284. The Morgan fingerprint density at radius 3 is 1.31 bits per heavy atom. The molecule has 0 radical (unpaired) electrons. The van der Waals surface area contributed by atoms with Crippen molar-refractivity contribution in [3.8, 4) is 55.6 Å². The molecular weight excluding hydrogens is 751 g/mol. The van der Waals surface area contributed by atoms with E-state index in [4.69, 9.17) is 9.97 Å². The SMILES string of the molecule is CC1(C)c2cc(-c3ccnc4ccccc34)ccc2-c2cc3c(cc21)-c1c(c2cc(-c4ccnc5ccccc45)ccc2c2ccc(-c4ccnc5ccccc45)cc12)C3(C)C. The Hall–Kier alpha value is -7.49. The van der Waals surface area contributed by atoms with Crippen LogP contribution in [0.15, 0.2) is 176 Å². The number of hydrogen-bond acceptors (Lipinski definition) is 3. The molecule has 3 heteroatoms. The Kier molecular flexibility index (Phi) is 7.13. The predicted octanol–water partition coefficient (Wildman–Crippen LogP) is 15.3. The summed E-state index contributed by atoms with van der Waals surface area (Å²) in [5.74, 6) is 0. The van der Waals surface area contributed by atoms with Gasteiger partial charge in [-0.05, 0) is 166 Å². The van der Waals surface area contributed by atoms with Crippen LogP contribution in [-0.2, 0) is 10.8 Å². The largest absolute Gasteiger partial charge is 0.256 e. The van der Waals surface area contributed by atoms with Gasteiger partial charge in [-0.2, -0.15) is 0 Å². The van der Waals surface area contributed by atoms with Crippen molar-refractivity contribution in [3.05, 3.63) is 199 Å². The van der Waals surface area contributed by atoms with Crippen LogP contribution in [0.25, 0.3) is 110 Å². The maximum atomic E-state index is 4.72. The van der Waals surface area contributed by atoms with E-state index in [0.29, 0.717) is 0 Å². The molecule has 13 rings (SSSR count). The lowest BCUT2D eigenvalue weighted by Gasteiger charge is -2.25. The first-order chi connectivity index (χ1) is 30.3. The second-order valence-corrected chi connectivity index (χ2v) is 18.4. The molecule has 11 aromatic rings. The molecule has 0 spiro atoms. The van der Waals surface area contributed by atoms with Crippen molar-refractivity contribution < 1.29 is 0 Å². The van der Waals surface area contributed by atoms with Gasteiger partial charge in [-0.15, -0.1) is 0 Å². The van der Waals surface area contributed by atoms with Crippen LogP contribution >= 0.6 is 0 Å². The third-order valence-electron chi connectivity index (χ3n) is 14.4. The second kappa shape index (κ2) is 12.5. The van der Waals surface area contributed by atoms with Crippen molar-refractivity contribution in [1.29, 1.82) is 0 Å². The summed E-state index contributed by atoms with van der Waals surface area (Å²) in [4.78, 5) is 14.1. The highest BCUT2D eigenvalue weighted by atomic mass is 14.7. The molecule has 62 heavy (non-hydrogen) atoms. The summed E-state index contributed by atoms with van der Waals surface area (Å²) in [6.07, 6.45) is 5.83. The molecule has 8 aromatic carbocycles. The maximum absolute atomic E-state index is 4.72. The van der Waals surface area contributed by atoms with Crippen molar-refractivity contribution in [3.63, 3.8) is 0 Å². The van der Waals surface area contributed by atoms with Gasteiger partial charge in [0.25, 0.3) is 0 Å². The summed E-state index contributed by atoms with van der Waals surface area (Å²) >= 11 is 0. The first-order valence-electron chi connectivity index (χ1n) is 21.7. The lowest BCUT2D eigenvalue weighted by atomic mass is 9.77. The molecule has 0 bridgehead atoms. The van der Waals surface area contributed by atoms with Gasteiger partial charge in [0.15, 0.2) is 0 Å². The highest BCUT2D eigenvalue weighted by Crippen LogP contribution is 2.60. The highest BCUT2D eigenvalue weighted by Gasteiger charge is 2.43. The van der Waals surface area contributed by atoms with Crippen molar-refractivity contribution >= 4 is 54.3 Å². The van der Waals surface area contributed by atoms with Gasteiger partial charge in [-0.1, -0.05) is 119 Å². The Morgan fingerprint density at radius 2 is 0.742 bits per heavy atom. The molecule has 0 saturated heterocycles. The standard InChI is InChI=1S/C59H41N3/c1-58(2)50-31-36(39-25-28-62-55-16-10-7-13-45(39)55)19-22-42(50)46-32-52-49(33-51(46)58)56-47-29-34(37-23-26-60-53-14-8-5-11-43(37)53)17-20-40(47)41-21-18-35(30-48(41)57(56)59(52,3)4)38-24-27-61-54-15-9-6-12-44(38)54/h5-33H,1-4H3. The number of rotatable bonds is 3. The van der Waals surface area contributed by atoms with Crippen LogP contribution in [0.4, 0.5) is 0 Å². The van der Waals surface area contributed by atoms with Gasteiger partial charge in [0, 0.05) is 45.6 Å². The van der Waals surface area contributed by atoms with E-state index in [2.05, 4.69) is 190 Å². The lowest BCUT2D eigenvalue weighted by Crippen LogP contribution is -2.17. The van der Waals surface area contributed by atoms with E-state index >= 15 is 0 Å². The maximum Gasteiger partial charge on any atom is 0.0708 e. The first kappa shape index (κ1) is 35.3. The zero-order valence-electron chi connectivity index (χ0n) is 35.1. The minimum Gasteiger partial charge on any atom is -0.256 e. The summed E-state index contributed by atoms with van der Waals surface area (Å²) in [5, 5.41) is 8.66. The molecule has 3 heterocycles. The fraction of sp³-hybridized carbons (Fsp3) is 0.102. The summed E-state index contributed by atoms with van der Waals surface area (Å²) < 4.78 is 0. The lowest BCUT2D eigenvalue weighted by molar-refractivity contribution is 0.654. The molecule has 0 saturated carbocycles. The van der Waals surface area contributed by atoms with Crippen molar-refractivity contribution in [2.75, 3.05) is 0 Å². The van der Waals surface area contributed by atoms with E-state index in [-0.39, 0.29) is 10.8 Å². The highest BCUT2D eigenvalue weighted by molar-refractivity contribution is 6.20. The summed E-state index contributed by atoms with van der Waals surface area (Å²) in [6.45, 7) is 9.72. The summed E-state index contributed by atoms with van der Waals surface area (Å²) in [7, 11) is 0. The van der Waals surface area contributed by atoms with E-state index in [9.17, 15) is 0 Å². The minimum absolute atomic E-state index is 0.214. The zero-order valence-corrected chi connectivity index (χ0v) is 35.1. The summed E-state index contributed by atoms with van der Waals surface area (Å²) in [6, 6.07) is 58.5. The quantitative estimate of drug-likeness (QED) is 0.167. The van der Waals surface area contributed by atoms with Crippen LogP contribution in [0, 0.1) is 0 Å². The van der Waals surface area contributed by atoms with Crippen LogP contribution < -0.4 is 0 Å². The van der Waals surface area contributed by atoms with Crippen LogP contribution in [-0.4, -0.2) is 15.0 Å². The molecule has 3 nitrogen and oxygen atoms in total. The number of hydrogen-bond donors (Lipinski definition) is 0. The normalized spacial score (nSPS) is 14.4. The molecule has 0 amide bonds. The number of nitrogens with zero attached hydrogens (tertiary/aromatic N) is 3. The topological polar surface area (TPSA) is 38.7 Å². The Bertz CT molecular complexity index is 3740. The molecule has 0 N–H and O–H groups in total. The monoisotopic (exact) mass is 791 g/mol. The molecular formula is C59H41N3. The average Bonchev–Trinajstić information content (AvgIpc) is 3.68. The number of benzene rings is 8. The van der Waals surface area contributed by atoms with Gasteiger partial charge in [0.2, 0.25) is 0 Å². The van der Waals surface area contributed by atoms with Gasteiger partial charge >= 0.3 is 0 Å². The number of aromatic nitrogens is 3. The molecule has 3 aromatic heterocycles. The van der Waals surface area contributed by atoms with Gasteiger partial charge in [0.05, 0.1) is 16.6 Å². The molecule has 0 fully saturated rings. The van der Waals surface area contributed by atoms with E-state index in [1.165, 1.54) is 116 Å². The summed E-state index contributed by atoms with van der Waals surface area (Å²) in [5.41, 5.74) is 20.7. The van der Waals surface area contributed by atoms with Crippen molar-refractivity contribution in [2.45, 2.75) is 38.5 Å². The fourth-order valence-electron chi connectivity index (χ4n) is 11.4. The zero-order chi connectivity index (χ0) is 41.5. The fourth-order valence-corrected chi connectivity index (χ4v) is 11.4. The Morgan fingerprint density at radius 1 is 0.306 bits per heavy atom. The van der Waals surface area contributed by atoms with Crippen LogP contribution in [0.3, 0.4) is 0 Å². The predicted molar refractivity (Wildman–Crippen MR) is 259 cm³/mol. The number of para-hydroxylation sites is 3. The number of pyridine rings is 3. The van der Waals surface area contributed by atoms with Crippen LogP contribution in [0.2, 0.25) is 0 Å². The van der Waals surface area contributed by atoms with Crippen molar-refractivity contribution in [1.82, 2.24) is 15.0 Å². The first-order valence-corrected chi connectivity index (χ1v) is 21.7. The molecule has 0 atom stereocenters. The Labute approximate surface area is 360 Å². The van der Waals surface area contributed by atoms with Crippen molar-refractivity contribution in [2.24, 2.45) is 0 Å².